The number of rotatable bonds is 5. The molecule has 0 aromatic heterocycles. The van der Waals surface area contributed by atoms with E-state index >= 15 is 0 Å². The summed E-state index contributed by atoms with van der Waals surface area (Å²) < 4.78 is 0. The number of carbonyl (C=O) groups is 3. The van der Waals surface area contributed by atoms with E-state index in [1.807, 2.05) is 19.1 Å². The molecule has 0 saturated carbocycles. The Hall–Kier alpha value is -2.66. The number of halogens is 1. The second-order valence-electron chi connectivity index (χ2n) is 6.40. The van der Waals surface area contributed by atoms with Crippen LogP contribution in [0.25, 0.3) is 0 Å². The topological polar surface area (TPSA) is 66.5 Å². The number of amides is 3. The number of imide groups is 1. The van der Waals surface area contributed by atoms with Crippen LogP contribution in [0.15, 0.2) is 48.5 Å². The molecular weight excluding hydrogens is 352 g/mol. The standard InChI is InChI=1S/C20H19ClN2O3/c1-3-13-8-10-14(11-9-13)17(24)12-23-18(25)20(2,22-19(23)26)15-6-4-5-7-16(15)21/h4-11H,3,12H2,1-2H3,(H,22,26)/t20-/m1/s1. The molecule has 1 saturated heterocycles. The van der Waals surface area contributed by atoms with Crippen molar-refractivity contribution in [3.8, 4) is 0 Å². The monoisotopic (exact) mass is 370 g/mol. The number of benzene rings is 2. The lowest BCUT2D eigenvalue weighted by atomic mass is 9.92. The van der Waals surface area contributed by atoms with Gasteiger partial charge in [-0.3, -0.25) is 14.5 Å². The van der Waals surface area contributed by atoms with Gasteiger partial charge in [-0.1, -0.05) is 61.0 Å². The summed E-state index contributed by atoms with van der Waals surface area (Å²) in [6.07, 6.45) is 0.873. The normalized spacial score (nSPS) is 19.6. The van der Waals surface area contributed by atoms with Gasteiger partial charge in [-0.25, -0.2) is 4.79 Å². The van der Waals surface area contributed by atoms with Crippen molar-refractivity contribution in [1.82, 2.24) is 10.2 Å². The van der Waals surface area contributed by atoms with Crippen LogP contribution in [0.4, 0.5) is 4.79 Å². The first-order valence-electron chi connectivity index (χ1n) is 8.38. The summed E-state index contributed by atoms with van der Waals surface area (Å²) in [5.74, 6) is -0.784. The van der Waals surface area contributed by atoms with Crippen molar-refractivity contribution in [2.75, 3.05) is 6.54 Å². The summed E-state index contributed by atoms with van der Waals surface area (Å²) in [7, 11) is 0. The van der Waals surface area contributed by atoms with Gasteiger partial charge >= 0.3 is 6.03 Å². The second-order valence-corrected chi connectivity index (χ2v) is 6.81. The molecule has 5 nitrogen and oxygen atoms in total. The molecule has 2 aromatic carbocycles. The van der Waals surface area contributed by atoms with Gasteiger partial charge in [0.15, 0.2) is 5.78 Å². The van der Waals surface area contributed by atoms with Gasteiger partial charge in [-0.2, -0.15) is 0 Å². The predicted octanol–water partition coefficient (Wildman–Crippen LogP) is 3.55. The Kier molecular flexibility index (Phi) is 4.83. The minimum atomic E-state index is -1.29. The number of Topliss-reactive ketones (excluding diaryl/α,β-unsaturated/α-hetero) is 1. The van der Waals surface area contributed by atoms with E-state index in [-0.39, 0.29) is 12.3 Å². The van der Waals surface area contributed by atoms with Crippen LogP contribution in [-0.2, 0) is 16.8 Å². The van der Waals surface area contributed by atoms with E-state index in [1.54, 1.807) is 43.3 Å². The highest BCUT2D eigenvalue weighted by atomic mass is 35.5. The summed E-state index contributed by atoms with van der Waals surface area (Å²) in [5.41, 5.74) is 0.793. The van der Waals surface area contributed by atoms with Crippen LogP contribution >= 0.6 is 11.6 Å². The zero-order chi connectivity index (χ0) is 18.9. The van der Waals surface area contributed by atoms with E-state index < -0.39 is 17.5 Å². The van der Waals surface area contributed by atoms with Gasteiger partial charge in [0, 0.05) is 16.1 Å². The first-order valence-corrected chi connectivity index (χ1v) is 8.76. The van der Waals surface area contributed by atoms with Crippen molar-refractivity contribution in [3.05, 3.63) is 70.2 Å². The molecule has 1 atom stereocenters. The molecule has 134 valence electrons. The third-order valence-corrected chi connectivity index (χ3v) is 5.00. The maximum Gasteiger partial charge on any atom is 0.325 e. The molecule has 0 bridgehead atoms. The van der Waals surface area contributed by atoms with Crippen molar-refractivity contribution in [2.45, 2.75) is 25.8 Å². The van der Waals surface area contributed by atoms with E-state index in [1.165, 1.54) is 0 Å². The molecule has 2 aromatic rings. The van der Waals surface area contributed by atoms with Crippen LogP contribution in [-0.4, -0.2) is 29.2 Å². The Morgan fingerprint density at radius 2 is 1.77 bits per heavy atom. The van der Waals surface area contributed by atoms with Crippen LogP contribution in [0.2, 0.25) is 5.02 Å². The lowest BCUT2D eigenvalue weighted by molar-refractivity contribution is -0.130. The molecular formula is C20H19ClN2O3. The minimum absolute atomic E-state index is 0.292. The largest absolute Gasteiger partial charge is 0.325 e. The van der Waals surface area contributed by atoms with Crippen LogP contribution in [0.5, 0.6) is 0 Å². The minimum Gasteiger partial charge on any atom is -0.319 e. The molecule has 1 heterocycles. The number of nitrogens with one attached hydrogen (secondary N) is 1. The smallest absolute Gasteiger partial charge is 0.319 e. The molecule has 1 N–H and O–H groups in total. The van der Waals surface area contributed by atoms with Gasteiger partial charge in [0.05, 0.1) is 6.54 Å². The number of nitrogens with zero attached hydrogens (tertiary/aromatic N) is 1. The van der Waals surface area contributed by atoms with E-state index in [0.29, 0.717) is 16.1 Å². The highest BCUT2D eigenvalue weighted by molar-refractivity contribution is 6.32. The zero-order valence-corrected chi connectivity index (χ0v) is 15.3. The molecule has 3 rings (SSSR count). The fraction of sp³-hybridized carbons (Fsp3) is 0.250. The molecule has 0 spiro atoms. The molecule has 0 radical (unpaired) electrons. The van der Waals surface area contributed by atoms with Crippen LogP contribution in [0, 0.1) is 0 Å². The summed E-state index contributed by atoms with van der Waals surface area (Å²) in [5, 5.41) is 3.04. The highest BCUT2D eigenvalue weighted by Crippen LogP contribution is 2.33. The zero-order valence-electron chi connectivity index (χ0n) is 14.6. The average molecular weight is 371 g/mol. The summed E-state index contributed by atoms with van der Waals surface area (Å²) in [4.78, 5) is 38.7. The molecule has 26 heavy (non-hydrogen) atoms. The van der Waals surface area contributed by atoms with E-state index in [2.05, 4.69) is 5.32 Å². The lowest BCUT2D eigenvalue weighted by Crippen LogP contribution is -2.41. The number of urea groups is 1. The summed E-state index contributed by atoms with van der Waals surface area (Å²) in [6.45, 7) is 3.31. The number of ketones is 1. The van der Waals surface area contributed by atoms with Gasteiger partial charge in [0.25, 0.3) is 5.91 Å². The number of aryl methyl sites for hydroxylation is 1. The summed E-state index contributed by atoms with van der Waals surface area (Å²) >= 11 is 6.20. The van der Waals surface area contributed by atoms with Crippen molar-refractivity contribution in [3.63, 3.8) is 0 Å². The predicted molar refractivity (Wildman–Crippen MR) is 99.2 cm³/mol. The first kappa shape index (κ1) is 18.1. The number of hydrogen-bond donors (Lipinski definition) is 1. The number of carbonyl (C=O) groups excluding carboxylic acids is 3. The van der Waals surface area contributed by atoms with E-state index in [0.717, 1.165) is 16.9 Å². The van der Waals surface area contributed by atoms with E-state index in [9.17, 15) is 14.4 Å². The van der Waals surface area contributed by atoms with Crippen LogP contribution in [0.3, 0.4) is 0 Å². The second kappa shape index (κ2) is 6.92. The fourth-order valence-corrected chi connectivity index (χ4v) is 3.38. The Labute approximate surface area is 156 Å². The third kappa shape index (κ3) is 3.10. The maximum atomic E-state index is 12.9. The van der Waals surface area contributed by atoms with Crippen LogP contribution in [0.1, 0.15) is 35.3 Å². The molecule has 1 aliphatic heterocycles. The first-order chi connectivity index (χ1) is 12.4. The SMILES string of the molecule is CCc1ccc(C(=O)CN2C(=O)N[C@](C)(c3ccccc3Cl)C2=O)cc1. The molecule has 3 amide bonds. The van der Waals surface area contributed by atoms with Gasteiger partial charge in [-0.15, -0.1) is 0 Å². The Bertz CT molecular complexity index is 879. The molecule has 6 heteroatoms. The van der Waals surface area contributed by atoms with Gasteiger partial charge < -0.3 is 5.32 Å². The Morgan fingerprint density at radius 1 is 1.12 bits per heavy atom. The van der Waals surface area contributed by atoms with Crippen molar-refractivity contribution in [1.29, 1.82) is 0 Å². The van der Waals surface area contributed by atoms with Gasteiger partial charge in [-0.05, 0) is 25.0 Å². The third-order valence-electron chi connectivity index (χ3n) is 4.67. The lowest BCUT2D eigenvalue weighted by Gasteiger charge is -2.23. The fourth-order valence-electron chi connectivity index (χ4n) is 3.05. The Morgan fingerprint density at radius 3 is 2.38 bits per heavy atom. The van der Waals surface area contributed by atoms with Gasteiger partial charge in [0.1, 0.15) is 5.54 Å². The molecule has 1 aliphatic rings. The van der Waals surface area contributed by atoms with Crippen molar-refractivity contribution in [2.24, 2.45) is 0 Å². The maximum absolute atomic E-state index is 12.9. The van der Waals surface area contributed by atoms with Gasteiger partial charge in [0.2, 0.25) is 0 Å². The highest BCUT2D eigenvalue weighted by Gasteiger charge is 2.50. The molecule has 0 aliphatic carbocycles. The molecule has 1 fully saturated rings. The average Bonchev–Trinajstić information content (AvgIpc) is 2.86. The molecule has 0 unspecified atom stereocenters. The Balaban J connectivity index is 1.83. The number of hydrogen-bond acceptors (Lipinski definition) is 3. The van der Waals surface area contributed by atoms with Crippen molar-refractivity contribution >= 4 is 29.3 Å². The van der Waals surface area contributed by atoms with Crippen molar-refractivity contribution < 1.29 is 14.4 Å². The quantitative estimate of drug-likeness (QED) is 0.646. The van der Waals surface area contributed by atoms with E-state index in [4.69, 9.17) is 11.6 Å². The van der Waals surface area contributed by atoms with Crippen LogP contribution < -0.4 is 5.32 Å². The summed E-state index contributed by atoms with van der Waals surface area (Å²) in [6, 6.07) is 13.4.